The van der Waals surface area contributed by atoms with Crippen LogP contribution in [0.4, 0.5) is 10.1 Å². The molecule has 0 aliphatic heterocycles. The summed E-state index contributed by atoms with van der Waals surface area (Å²) in [5.41, 5.74) is 2.42. The van der Waals surface area contributed by atoms with Crippen LogP contribution in [-0.2, 0) is 17.6 Å². The number of amides is 1. The van der Waals surface area contributed by atoms with Gasteiger partial charge in [0.25, 0.3) is 0 Å². The highest BCUT2D eigenvalue weighted by Crippen LogP contribution is 2.34. The van der Waals surface area contributed by atoms with Crippen LogP contribution in [0.3, 0.4) is 0 Å². The van der Waals surface area contributed by atoms with Crippen molar-refractivity contribution in [2.45, 2.75) is 19.3 Å². The topological polar surface area (TPSA) is 54.9 Å². The van der Waals surface area contributed by atoms with Gasteiger partial charge in [-0.1, -0.05) is 17.7 Å². The van der Waals surface area contributed by atoms with E-state index in [9.17, 15) is 9.18 Å². The smallest absolute Gasteiger partial charge is 0.227 e. The molecule has 3 aromatic rings. The van der Waals surface area contributed by atoms with E-state index in [-0.39, 0.29) is 16.8 Å². The summed E-state index contributed by atoms with van der Waals surface area (Å²) in [7, 11) is 0. The fraction of sp³-hybridized carbons (Fsp3) is 0.211. The lowest BCUT2D eigenvalue weighted by molar-refractivity contribution is -0.120. The second-order valence-corrected chi connectivity index (χ2v) is 7.65. The van der Waals surface area contributed by atoms with Gasteiger partial charge in [-0.25, -0.2) is 9.37 Å². The van der Waals surface area contributed by atoms with Gasteiger partial charge in [-0.3, -0.25) is 9.78 Å². The fourth-order valence-electron chi connectivity index (χ4n) is 3.02. The zero-order valence-electron chi connectivity index (χ0n) is 13.7. The van der Waals surface area contributed by atoms with E-state index in [0.717, 1.165) is 34.1 Å². The van der Waals surface area contributed by atoms with Crippen molar-refractivity contribution in [2.24, 2.45) is 5.92 Å². The second kappa shape index (κ2) is 7.13. The number of carbonyl (C=O) groups excluding carboxylic acids is 1. The molecule has 4 nitrogen and oxygen atoms in total. The third-order valence-electron chi connectivity index (χ3n) is 4.38. The summed E-state index contributed by atoms with van der Waals surface area (Å²) in [4.78, 5) is 22.7. The maximum absolute atomic E-state index is 13.2. The number of anilines is 1. The molecule has 26 heavy (non-hydrogen) atoms. The number of aromatic nitrogens is 2. The van der Waals surface area contributed by atoms with Crippen molar-refractivity contribution in [3.8, 4) is 10.7 Å². The Balaban J connectivity index is 1.48. The van der Waals surface area contributed by atoms with Crippen LogP contribution in [0.15, 0.2) is 42.6 Å². The van der Waals surface area contributed by atoms with Crippen molar-refractivity contribution in [2.75, 3.05) is 5.32 Å². The first-order valence-corrected chi connectivity index (χ1v) is 9.45. The lowest BCUT2D eigenvalue weighted by Crippen LogP contribution is -2.27. The van der Waals surface area contributed by atoms with Crippen LogP contribution in [0.2, 0.25) is 5.02 Å². The third-order valence-corrected chi connectivity index (χ3v) is 5.81. The molecule has 0 bridgehead atoms. The van der Waals surface area contributed by atoms with Crippen molar-refractivity contribution >= 4 is 34.5 Å². The van der Waals surface area contributed by atoms with Gasteiger partial charge < -0.3 is 5.32 Å². The van der Waals surface area contributed by atoms with Crippen LogP contribution >= 0.6 is 22.9 Å². The summed E-state index contributed by atoms with van der Waals surface area (Å²) in [6.07, 6.45) is 3.90. The van der Waals surface area contributed by atoms with Gasteiger partial charge in [0.05, 0.1) is 16.4 Å². The number of benzene rings is 1. The maximum atomic E-state index is 13.2. The molecule has 2 aromatic heterocycles. The Labute approximate surface area is 159 Å². The minimum Gasteiger partial charge on any atom is -0.326 e. The standard InChI is InChI=1S/C19H15ClFN3OS/c20-13-10-12(5-6-14(13)21)23-18(25)11-4-7-15-17(9-11)26-19(24-15)16-3-1-2-8-22-16/h1-3,5-6,8,10-11H,4,7,9H2,(H,23,25). The van der Waals surface area contributed by atoms with Gasteiger partial charge >= 0.3 is 0 Å². The molecule has 2 heterocycles. The van der Waals surface area contributed by atoms with E-state index in [4.69, 9.17) is 11.6 Å². The molecule has 0 spiro atoms. The van der Waals surface area contributed by atoms with Gasteiger partial charge in [-0.15, -0.1) is 11.3 Å². The summed E-state index contributed by atoms with van der Waals surface area (Å²) in [5, 5.41) is 3.72. The molecular weight excluding hydrogens is 373 g/mol. The molecule has 0 radical (unpaired) electrons. The molecule has 4 rings (SSSR count). The highest BCUT2D eigenvalue weighted by atomic mass is 35.5. The number of halogens is 2. The number of rotatable bonds is 3. The van der Waals surface area contributed by atoms with Crippen molar-refractivity contribution < 1.29 is 9.18 Å². The molecule has 1 aliphatic rings. The average molecular weight is 388 g/mol. The van der Waals surface area contributed by atoms with Gasteiger partial charge in [0.1, 0.15) is 10.8 Å². The Morgan fingerprint density at radius 2 is 2.19 bits per heavy atom. The van der Waals surface area contributed by atoms with Gasteiger partial charge in [-0.2, -0.15) is 0 Å². The number of aryl methyl sites for hydroxylation is 1. The molecule has 1 aliphatic carbocycles. The van der Waals surface area contributed by atoms with Gasteiger partial charge in [-0.05, 0) is 49.6 Å². The Bertz CT molecular complexity index is 961. The highest BCUT2D eigenvalue weighted by molar-refractivity contribution is 7.15. The number of thiazole rings is 1. The number of fused-ring (bicyclic) bond motifs is 1. The van der Waals surface area contributed by atoms with Crippen molar-refractivity contribution in [1.82, 2.24) is 9.97 Å². The second-order valence-electron chi connectivity index (χ2n) is 6.16. The normalized spacial score (nSPS) is 16.2. The largest absolute Gasteiger partial charge is 0.326 e. The Kier molecular flexibility index (Phi) is 4.70. The first kappa shape index (κ1) is 17.1. The predicted octanol–water partition coefficient (Wildman–Crippen LogP) is 4.74. The number of hydrogen-bond acceptors (Lipinski definition) is 4. The summed E-state index contributed by atoms with van der Waals surface area (Å²) >= 11 is 7.37. The molecule has 1 unspecified atom stereocenters. The molecule has 0 saturated carbocycles. The van der Waals surface area contributed by atoms with Gasteiger partial charge in [0.2, 0.25) is 5.91 Å². The average Bonchev–Trinajstić information content (AvgIpc) is 3.09. The lowest BCUT2D eigenvalue weighted by atomic mass is 9.90. The maximum Gasteiger partial charge on any atom is 0.227 e. The zero-order chi connectivity index (χ0) is 18.1. The summed E-state index contributed by atoms with van der Waals surface area (Å²) in [6.45, 7) is 0. The lowest BCUT2D eigenvalue weighted by Gasteiger charge is -2.20. The van der Waals surface area contributed by atoms with Gasteiger partial charge in [0, 0.05) is 22.7 Å². The Morgan fingerprint density at radius 3 is 2.96 bits per heavy atom. The molecule has 132 valence electrons. The van der Waals surface area contributed by atoms with E-state index in [2.05, 4.69) is 15.3 Å². The number of pyridine rings is 1. The monoisotopic (exact) mass is 387 g/mol. The quantitative estimate of drug-likeness (QED) is 0.706. The molecule has 1 amide bonds. The third kappa shape index (κ3) is 3.48. The van der Waals surface area contributed by atoms with E-state index in [1.807, 2.05) is 18.2 Å². The first-order chi connectivity index (χ1) is 12.6. The minimum absolute atomic E-state index is 0.00353. The number of nitrogens with one attached hydrogen (secondary N) is 1. The van der Waals surface area contributed by atoms with E-state index < -0.39 is 5.82 Å². The van der Waals surface area contributed by atoms with Crippen LogP contribution in [0.25, 0.3) is 10.7 Å². The molecule has 0 fully saturated rings. The highest BCUT2D eigenvalue weighted by Gasteiger charge is 2.28. The molecular formula is C19H15ClFN3OS. The molecule has 1 aromatic carbocycles. The summed E-state index contributed by atoms with van der Waals surface area (Å²) in [5.74, 6) is -0.715. The summed E-state index contributed by atoms with van der Waals surface area (Å²) < 4.78 is 13.2. The predicted molar refractivity (Wildman–Crippen MR) is 101 cm³/mol. The van der Waals surface area contributed by atoms with Crippen molar-refractivity contribution in [1.29, 1.82) is 0 Å². The molecule has 1 atom stereocenters. The molecule has 0 saturated heterocycles. The Morgan fingerprint density at radius 1 is 1.31 bits per heavy atom. The zero-order valence-corrected chi connectivity index (χ0v) is 15.3. The van der Waals surface area contributed by atoms with Gasteiger partial charge in [0.15, 0.2) is 0 Å². The van der Waals surface area contributed by atoms with E-state index in [1.165, 1.54) is 18.2 Å². The fourth-order valence-corrected chi connectivity index (χ4v) is 4.36. The molecule has 7 heteroatoms. The van der Waals surface area contributed by atoms with E-state index in [0.29, 0.717) is 12.1 Å². The Hall–Kier alpha value is -2.31. The van der Waals surface area contributed by atoms with Crippen LogP contribution in [0, 0.1) is 11.7 Å². The first-order valence-electron chi connectivity index (χ1n) is 8.26. The summed E-state index contributed by atoms with van der Waals surface area (Å²) in [6, 6.07) is 9.94. The van der Waals surface area contributed by atoms with Crippen molar-refractivity contribution in [3.05, 3.63) is 64.0 Å². The van der Waals surface area contributed by atoms with Crippen LogP contribution in [-0.4, -0.2) is 15.9 Å². The minimum atomic E-state index is -0.501. The van der Waals surface area contributed by atoms with Crippen molar-refractivity contribution in [3.63, 3.8) is 0 Å². The van der Waals surface area contributed by atoms with Crippen LogP contribution < -0.4 is 5.32 Å². The number of nitrogens with zero attached hydrogens (tertiary/aromatic N) is 2. The number of carbonyl (C=O) groups is 1. The SMILES string of the molecule is O=C(Nc1ccc(F)c(Cl)c1)C1CCc2nc(-c3ccccn3)sc2C1. The van der Waals surface area contributed by atoms with E-state index >= 15 is 0 Å². The number of hydrogen-bond donors (Lipinski definition) is 1. The van der Waals surface area contributed by atoms with Crippen LogP contribution in [0.5, 0.6) is 0 Å². The van der Waals surface area contributed by atoms with Crippen LogP contribution in [0.1, 0.15) is 17.0 Å². The van der Waals surface area contributed by atoms with E-state index in [1.54, 1.807) is 17.5 Å². The molecule has 1 N–H and O–H groups in total.